The minimum absolute atomic E-state index is 0.0961. The summed E-state index contributed by atoms with van der Waals surface area (Å²) < 4.78 is 0. The molecular formula is C31H39N3. The van der Waals surface area contributed by atoms with Crippen LogP contribution < -0.4 is 0 Å². The third-order valence-electron chi connectivity index (χ3n) is 7.33. The second-order valence-corrected chi connectivity index (χ2v) is 12.3. The summed E-state index contributed by atoms with van der Waals surface area (Å²) in [5.41, 5.74) is 5.43. The number of benzene rings is 2. The van der Waals surface area contributed by atoms with Gasteiger partial charge < -0.3 is 0 Å². The predicted octanol–water partition coefficient (Wildman–Crippen LogP) is 7.37. The molecule has 0 radical (unpaired) electrons. The lowest BCUT2D eigenvalue weighted by atomic mass is 9.82. The van der Waals surface area contributed by atoms with Crippen molar-refractivity contribution in [3.8, 4) is 0 Å². The number of hydrogen-bond acceptors (Lipinski definition) is 3. The van der Waals surface area contributed by atoms with Crippen molar-refractivity contribution in [1.29, 1.82) is 0 Å². The van der Waals surface area contributed by atoms with Gasteiger partial charge >= 0.3 is 0 Å². The van der Waals surface area contributed by atoms with Crippen LogP contribution in [-0.2, 0) is 0 Å². The molecule has 0 N–H and O–H groups in total. The van der Waals surface area contributed by atoms with Gasteiger partial charge in [0.2, 0.25) is 0 Å². The highest BCUT2D eigenvalue weighted by molar-refractivity contribution is 5.30. The smallest absolute Gasteiger partial charge is 0.0585 e. The van der Waals surface area contributed by atoms with Crippen molar-refractivity contribution in [1.82, 2.24) is 14.8 Å². The predicted molar refractivity (Wildman–Crippen MR) is 140 cm³/mol. The molecule has 2 saturated heterocycles. The minimum atomic E-state index is 0.0961. The lowest BCUT2D eigenvalue weighted by Crippen LogP contribution is -2.29. The SMILES string of the molecule is CC(C)(C)[C@@H](c1cccc([C@@H](N2C[C@@H]2c2ccccc2)C(C)(C)C)n1)N1C[C@@H]1c1ccccc1. The van der Waals surface area contributed by atoms with E-state index in [-0.39, 0.29) is 22.9 Å². The van der Waals surface area contributed by atoms with E-state index in [1.165, 1.54) is 22.5 Å². The van der Waals surface area contributed by atoms with Crippen molar-refractivity contribution in [3.63, 3.8) is 0 Å². The number of nitrogens with zero attached hydrogens (tertiary/aromatic N) is 3. The molecule has 2 unspecified atom stereocenters. The molecule has 2 aliphatic heterocycles. The Morgan fingerprint density at radius 1 is 0.588 bits per heavy atom. The maximum atomic E-state index is 5.40. The fraction of sp³-hybridized carbons (Fsp3) is 0.452. The van der Waals surface area contributed by atoms with Crippen molar-refractivity contribution in [2.45, 2.75) is 65.7 Å². The zero-order valence-electron chi connectivity index (χ0n) is 21.6. The van der Waals surface area contributed by atoms with Crippen LogP contribution in [0.25, 0.3) is 0 Å². The van der Waals surface area contributed by atoms with Crippen LogP contribution in [-0.4, -0.2) is 27.9 Å². The molecule has 3 heterocycles. The number of aromatic nitrogens is 1. The van der Waals surface area contributed by atoms with Gasteiger partial charge in [-0.25, -0.2) is 0 Å². The van der Waals surface area contributed by atoms with Gasteiger partial charge in [-0.1, -0.05) is 108 Å². The van der Waals surface area contributed by atoms with Gasteiger partial charge in [-0.05, 0) is 34.1 Å². The Labute approximate surface area is 205 Å². The highest BCUT2D eigenvalue weighted by Crippen LogP contribution is 2.52. The fourth-order valence-corrected chi connectivity index (χ4v) is 5.82. The van der Waals surface area contributed by atoms with Crippen LogP contribution >= 0.6 is 0 Å². The van der Waals surface area contributed by atoms with E-state index in [1.807, 2.05) is 0 Å². The Kier molecular flexibility index (Phi) is 5.90. The van der Waals surface area contributed by atoms with E-state index in [2.05, 4.69) is 130 Å². The second-order valence-electron chi connectivity index (χ2n) is 12.3. The summed E-state index contributed by atoms with van der Waals surface area (Å²) in [6, 6.07) is 30.1. The molecule has 1 aromatic heterocycles. The van der Waals surface area contributed by atoms with Crippen LogP contribution in [0.3, 0.4) is 0 Å². The zero-order valence-corrected chi connectivity index (χ0v) is 21.6. The minimum Gasteiger partial charge on any atom is -0.284 e. The molecule has 5 rings (SSSR count). The molecule has 2 fully saturated rings. The molecule has 2 aromatic carbocycles. The van der Waals surface area contributed by atoms with E-state index in [4.69, 9.17) is 4.98 Å². The maximum absolute atomic E-state index is 5.40. The van der Waals surface area contributed by atoms with E-state index < -0.39 is 0 Å². The maximum Gasteiger partial charge on any atom is 0.0585 e. The zero-order chi connectivity index (χ0) is 24.1. The number of hydrogen-bond donors (Lipinski definition) is 0. The van der Waals surface area contributed by atoms with E-state index in [0.717, 1.165) is 13.1 Å². The molecule has 2 aliphatic rings. The molecular weight excluding hydrogens is 414 g/mol. The van der Waals surface area contributed by atoms with E-state index in [9.17, 15) is 0 Å². The Morgan fingerprint density at radius 3 is 1.32 bits per heavy atom. The average Bonchev–Trinajstić information content (AvgIpc) is 3.70. The highest BCUT2D eigenvalue weighted by atomic mass is 15.4. The third kappa shape index (κ3) is 4.69. The van der Waals surface area contributed by atoms with E-state index in [1.54, 1.807) is 0 Å². The van der Waals surface area contributed by atoms with Crippen molar-refractivity contribution in [2.75, 3.05) is 13.1 Å². The summed E-state index contributed by atoms with van der Waals surface area (Å²) in [6.07, 6.45) is 0. The molecule has 0 bridgehead atoms. The molecule has 0 amide bonds. The van der Waals surface area contributed by atoms with Crippen LogP contribution in [0.4, 0.5) is 0 Å². The topological polar surface area (TPSA) is 18.9 Å². The molecule has 3 heteroatoms. The normalized spacial score (nSPS) is 26.1. The largest absolute Gasteiger partial charge is 0.284 e. The summed E-state index contributed by atoms with van der Waals surface area (Å²) in [5, 5.41) is 0. The van der Waals surface area contributed by atoms with Gasteiger partial charge in [0, 0.05) is 25.2 Å². The summed E-state index contributed by atoms with van der Waals surface area (Å²) in [7, 11) is 0. The fourth-order valence-electron chi connectivity index (χ4n) is 5.82. The standard InChI is InChI=1S/C31H39N3/c1-30(2,3)28(33-20-26(33)22-14-9-7-10-15-22)24-18-13-19-25(32-24)29(31(4,5)6)34-21-27(34)23-16-11-8-12-17-23/h7-19,26-29H,20-21H2,1-6H3/t26-,27-,28-,29-,33?,34?/m1/s1. The van der Waals surface area contributed by atoms with E-state index in [0.29, 0.717) is 12.1 Å². The average molecular weight is 454 g/mol. The lowest BCUT2D eigenvalue weighted by Gasteiger charge is -2.35. The summed E-state index contributed by atoms with van der Waals surface area (Å²) >= 11 is 0. The van der Waals surface area contributed by atoms with Crippen LogP contribution in [0, 0.1) is 10.8 Å². The first-order valence-electron chi connectivity index (χ1n) is 12.7. The molecule has 3 nitrogen and oxygen atoms in total. The molecule has 0 aliphatic carbocycles. The first-order chi connectivity index (χ1) is 16.1. The quantitative estimate of drug-likeness (QED) is 0.363. The van der Waals surface area contributed by atoms with Crippen molar-refractivity contribution >= 4 is 0 Å². The number of rotatable bonds is 6. The molecule has 178 valence electrons. The summed E-state index contributed by atoms with van der Waals surface area (Å²) in [6.45, 7) is 16.3. The molecule has 0 saturated carbocycles. The van der Waals surface area contributed by atoms with Crippen LogP contribution in [0.1, 0.15) is 88.2 Å². The van der Waals surface area contributed by atoms with Gasteiger partial charge in [-0.3, -0.25) is 14.8 Å². The lowest BCUT2D eigenvalue weighted by molar-refractivity contribution is 0.180. The number of pyridine rings is 1. The molecule has 6 atom stereocenters. The molecule has 0 spiro atoms. The van der Waals surface area contributed by atoms with Gasteiger partial charge in [-0.2, -0.15) is 0 Å². The van der Waals surface area contributed by atoms with Gasteiger partial charge in [0.15, 0.2) is 0 Å². The summed E-state index contributed by atoms with van der Waals surface area (Å²) in [4.78, 5) is 10.6. The Balaban J connectivity index is 1.45. The molecule has 3 aromatic rings. The Morgan fingerprint density at radius 2 is 0.971 bits per heavy atom. The Hall–Kier alpha value is -2.49. The highest BCUT2D eigenvalue weighted by Gasteiger charge is 2.48. The summed E-state index contributed by atoms with van der Waals surface area (Å²) in [5.74, 6) is 0. The first kappa shape index (κ1) is 23.3. The monoisotopic (exact) mass is 453 g/mol. The van der Waals surface area contributed by atoms with Gasteiger partial charge in [0.25, 0.3) is 0 Å². The molecule has 34 heavy (non-hydrogen) atoms. The van der Waals surface area contributed by atoms with Crippen molar-refractivity contribution in [3.05, 3.63) is 101 Å². The first-order valence-corrected chi connectivity index (χ1v) is 12.7. The third-order valence-corrected chi connectivity index (χ3v) is 7.33. The van der Waals surface area contributed by atoms with Crippen LogP contribution in [0.2, 0.25) is 0 Å². The second kappa shape index (κ2) is 8.62. The van der Waals surface area contributed by atoms with Gasteiger partial charge in [0.05, 0.1) is 23.5 Å². The van der Waals surface area contributed by atoms with Gasteiger partial charge in [0.1, 0.15) is 0 Å². The van der Waals surface area contributed by atoms with Crippen molar-refractivity contribution < 1.29 is 0 Å². The van der Waals surface area contributed by atoms with Crippen LogP contribution in [0.5, 0.6) is 0 Å². The van der Waals surface area contributed by atoms with Crippen LogP contribution in [0.15, 0.2) is 78.9 Å². The van der Waals surface area contributed by atoms with Gasteiger partial charge in [-0.15, -0.1) is 0 Å². The van der Waals surface area contributed by atoms with Crippen molar-refractivity contribution in [2.24, 2.45) is 10.8 Å². The van der Waals surface area contributed by atoms with E-state index >= 15 is 0 Å². The Bertz CT molecular complexity index is 1020.